The number of aromatic nitrogens is 1. The van der Waals surface area contributed by atoms with Gasteiger partial charge in [0.05, 0.1) is 28.8 Å². The molecule has 0 spiro atoms. The van der Waals surface area contributed by atoms with Gasteiger partial charge in [-0.15, -0.1) is 6.42 Å². The van der Waals surface area contributed by atoms with Gasteiger partial charge in [-0.1, -0.05) is 17.3 Å². The highest BCUT2D eigenvalue weighted by Crippen LogP contribution is 2.23. The van der Waals surface area contributed by atoms with Crippen LogP contribution >= 0.6 is 11.3 Å². The Kier molecular flexibility index (Phi) is 5.67. The molecule has 0 radical (unpaired) electrons. The molecule has 0 aliphatic heterocycles. The second kappa shape index (κ2) is 8.33. The van der Waals surface area contributed by atoms with Crippen LogP contribution in [-0.2, 0) is 11.3 Å². The highest BCUT2D eigenvalue weighted by Gasteiger charge is 2.08. The minimum atomic E-state index is -0.478. The fraction of sp³-hybridized carbons (Fsp3) is 0.100. The Morgan fingerprint density at radius 1 is 1.36 bits per heavy atom. The molecule has 7 nitrogen and oxygen atoms in total. The summed E-state index contributed by atoms with van der Waals surface area (Å²) in [7, 11) is 1.59. The molecular weight excluding hydrogens is 378 g/mol. The largest absolute Gasteiger partial charge is 0.497 e. The Hall–Kier alpha value is -3.70. The lowest BCUT2D eigenvalue weighted by atomic mass is 10.2. The molecule has 0 fully saturated rings. The number of hydrogen-bond donors (Lipinski definition) is 0. The van der Waals surface area contributed by atoms with Gasteiger partial charge in [-0.3, -0.25) is 14.9 Å². The lowest BCUT2D eigenvalue weighted by Gasteiger charge is -2.01. The van der Waals surface area contributed by atoms with E-state index in [1.807, 2.05) is 18.2 Å². The van der Waals surface area contributed by atoms with Crippen LogP contribution in [0.1, 0.15) is 5.56 Å². The summed E-state index contributed by atoms with van der Waals surface area (Å²) >= 11 is 1.34. The number of fused-ring (bicyclic) bond motifs is 1. The van der Waals surface area contributed by atoms with Crippen LogP contribution < -0.4 is 9.54 Å². The predicted octanol–water partition coefficient (Wildman–Crippen LogP) is 3.39. The van der Waals surface area contributed by atoms with Crippen molar-refractivity contribution in [2.24, 2.45) is 4.99 Å². The number of nitro benzene ring substituents is 1. The van der Waals surface area contributed by atoms with E-state index in [4.69, 9.17) is 11.2 Å². The average Bonchev–Trinajstić information content (AvgIpc) is 3.03. The standard InChI is InChI=1S/C20H15N3O4S/c1-3-12-22-17-10-9-16(27-2)13-18(17)28-20(22)21-19(24)11-6-14-4-7-15(8-5-14)23(25)26/h1,4-11,13H,12H2,2H3. The molecule has 0 unspecified atom stereocenters. The van der Waals surface area contributed by atoms with E-state index in [-0.39, 0.29) is 12.2 Å². The normalized spacial score (nSPS) is 11.6. The minimum absolute atomic E-state index is 0.0100. The van der Waals surface area contributed by atoms with E-state index < -0.39 is 10.8 Å². The van der Waals surface area contributed by atoms with Gasteiger partial charge in [0.15, 0.2) is 4.80 Å². The summed E-state index contributed by atoms with van der Waals surface area (Å²) in [6.45, 7) is 0.282. The Labute approximate surface area is 164 Å². The molecule has 28 heavy (non-hydrogen) atoms. The van der Waals surface area contributed by atoms with E-state index in [9.17, 15) is 14.9 Å². The van der Waals surface area contributed by atoms with Crippen LogP contribution in [0, 0.1) is 22.5 Å². The number of amides is 1. The Balaban J connectivity index is 1.92. The first kappa shape index (κ1) is 19.1. The Bertz CT molecular complexity index is 1180. The van der Waals surface area contributed by atoms with Crippen molar-refractivity contribution >= 4 is 39.2 Å². The molecule has 2 aromatic carbocycles. The quantitative estimate of drug-likeness (QED) is 0.288. The van der Waals surface area contributed by atoms with Crippen molar-refractivity contribution in [2.45, 2.75) is 6.54 Å². The number of carbonyl (C=O) groups excluding carboxylic acids is 1. The van der Waals surface area contributed by atoms with E-state index in [1.54, 1.807) is 29.9 Å². The number of nitrogens with zero attached hydrogens (tertiary/aromatic N) is 3. The zero-order valence-corrected chi connectivity index (χ0v) is 15.7. The van der Waals surface area contributed by atoms with Gasteiger partial charge in [0.25, 0.3) is 11.6 Å². The van der Waals surface area contributed by atoms with Crippen molar-refractivity contribution in [1.29, 1.82) is 0 Å². The number of rotatable bonds is 5. The van der Waals surface area contributed by atoms with E-state index in [0.29, 0.717) is 16.1 Å². The molecule has 0 atom stereocenters. The van der Waals surface area contributed by atoms with Crippen LogP contribution in [0.5, 0.6) is 5.75 Å². The number of non-ortho nitro benzene ring substituents is 1. The predicted molar refractivity (Wildman–Crippen MR) is 108 cm³/mol. The first-order valence-corrected chi connectivity index (χ1v) is 8.95. The van der Waals surface area contributed by atoms with Crippen molar-refractivity contribution in [3.8, 4) is 18.1 Å². The molecule has 3 aromatic rings. The number of ether oxygens (including phenoxy) is 1. The third kappa shape index (κ3) is 4.16. The molecule has 0 saturated heterocycles. The lowest BCUT2D eigenvalue weighted by Crippen LogP contribution is -2.15. The number of benzene rings is 2. The van der Waals surface area contributed by atoms with Crippen LogP contribution in [0.25, 0.3) is 16.3 Å². The molecule has 1 amide bonds. The zero-order chi connectivity index (χ0) is 20.1. The number of terminal acetylenes is 1. The van der Waals surface area contributed by atoms with Gasteiger partial charge in [-0.05, 0) is 42.0 Å². The molecule has 0 N–H and O–H groups in total. The third-order valence-electron chi connectivity index (χ3n) is 3.87. The summed E-state index contributed by atoms with van der Waals surface area (Å²) < 4.78 is 7.92. The van der Waals surface area contributed by atoms with E-state index in [2.05, 4.69) is 10.9 Å². The van der Waals surface area contributed by atoms with Gasteiger partial charge in [-0.25, -0.2) is 0 Å². The molecule has 0 saturated carbocycles. The number of methoxy groups -OCH3 is 1. The van der Waals surface area contributed by atoms with Crippen molar-refractivity contribution in [3.63, 3.8) is 0 Å². The van der Waals surface area contributed by atoms with E-state index >= 15 is 0 Å². The maximum atomic E-state index is 12.3. The van der Waals surface area contributed by atoms with Gasteiger partial charge in [0.1, 0.15) is 5.75 Å². The number of hydrogen-bond acceptors (Lipinski definition) is 5. The van der Waals surface area contributed by atoms with Gasteiger partial charge < -0.3 is 9.30 Å². The molecule has 0 aliphatic carbocycles. The van der Waals surface area contributed by atoms with Gasteiger partial charge in [-0.2, -0.15) is 4.99 Å². The highest BCUT2D eigenvalue weighted by molar-refractivity contribution is 7.16. The van der Waals surface area contributed by atoms with E-state index in [1.165, 1.54) is 29.5 Å². The van der Waals surface area contributed by atoms with Crippen LogP contribution in [0.2, 0.25) is 0 Å². The number of nitro groups is 1. The van der Waals surface area contributed by atoms with E-state index in [0.717, 1.165) is 10.2 Å². The zero-order valence-electron chi connectivity index (χ0n) is 14.9. The first-order chi connectivity index (χ1) is 13.5. The smallest absolute Gasteiger partial charge is 0.272 e. The summed E-state index contributed by atoms with van der Waals surface area (Å²) in [6.07, 6.45) is 8.32. The summed E-state index contributed by atoms with van der Waals surface area (Å²) in [5.74, 6) is 2.82. The van der Waals surface area contributed by atoms with Crippen LogP contribution in [0.3, 0.4) is 0 Å². The van der Waals surface area contributed by atoms with Gasteiger partial charge in [0, 0.05) is 18.2 Å². The summed E-state index contributed by atoms with van der Waals surface area (Å²) in [4.78, 5) is 27.1. The second-order valence-electron chi connectivity index (χ2n) is 5.64. The van der Waals surface area contributed by atoms with Crippen LogP contribution in [0.4, 0.5) is 5.69 Å². The number of carbonyl (C=O) groups is 1. The SMILES string of the molecule is C#CCn1c(=NC(=O)C=Cc2ccc([N+](=O)[O-])cc2)sc2cc(OC)ccc21. The number of thiazole rings is 1. The molecule has 8 heteroatoms. The first-order valence-electron chi connectivity index (χ1n) is 8.14. The topological polar surface area (TPSA) is 86.7 Å². The third-order valence-corrected chi connectivity index (χ3v) is 4.91. The maximum Gasteiger partial charge on any atom is 0.272 e. The van der Waals surface area contributed by atoms with Crippen molar-refractivity contribution in [2.75, 3.05) is 7.11 Å². The van der Waals surface area contributed by atoms with Crippen molar-refractivity contribution < 1.29 is 14.5 Å². The van der Waals surface area contributed by atoms with Gasteiger partial charge in [0.2, 0.25) is 0 Å². The lowest BCUT2D eigenvalue weighted by molar-refractivity contribution is -0.384. The molecule has 0 bridgehead atoms. The Morgan fingerprint density at radius 2 is 2.11 bits per heavy atom. The van der Waals surface area contributed by atoms with Crippen molar-refractivity contribution in [3.05, 3.63) is 69.0 Å². The maximum absolute atomic E-state index is 12.3. The summed E-state index contributed by atoms with van der Waals surface area (Å²) in [5, 5.41) is 10.7. The van der Waals surface area contributed by atoms with Crippen LogP contribution in [0.15, 0.2) is 53.5 Å². The summed E-state index contributed by atoms with van der Waals surface area (Å²) in [5.41, 5.74) is 1.52. The fourth-order valence-corrected chi connectivity index (χ4v) is 3.58. The minimum Gasteiger partial charge on any atom is -0.497 e. The fourth-order valence-electron chi connectivity index (χ4n) is 2.52. The molecule has 3 rings (SSSR count). The van der Waals surface area contributed by atoms with Gasteiger partial charge >= 0.3 is 0 Å². The molecule has 0 aliphatic rings. The summed E-state index contributed by atoms with van der Waals surface area (Å²) in [6, 6.07) is 11.4. The van der Waals surface area contributed by atoms with Crippen LogP contribution in [-0.4, -0.2) is 22.5 Å². The molecule has 140 valence electrons. The monoisotopic (exact) mass is 393 g/mol. The second-order valence-corrected chi connectivity index (χ2v) is 6.65. The molecule has 1 aromatic heterocycles. The van der Waals surface area contributed by atoms with Crippen molar-refractivity contribution in [1.82, 2.24) is 4.57 Å². The molecular formula is C20H15N3O4S. The highest BCUT2D eigenvalue weighted by atomic mass is 32.1. The average molecular weight is 393 g/mol. The Morgan fingerprint density at radius 3 is 2.75 bits per heavy atom. The molecule has 1 heterocycles.